The van der Waals surface area contributed by atoms with Crippen LogP contribution >= 0.6 is 0 Å². The Morgan fingerprint density at radius 3 is 1.00 bits per heavy atom. The Bertz CT molecular complexity index is 352. The molecule has 1 heteroatoms. The van der Waals surface area contributed by atoms with Gasteiger partial charge in [0.2, 0.25) is 0 Å². The van der Waals surface area contributed by atoms with Crippen LogP contribution in [0.2, 0.25) is 0 Å². The molecule has 0 heterocycles. The molecule has 2 aromatic carbocycles. The molecular formula is C12H9Na. The van der Waals surface area contributed by atoms with Gasteiger partial charge in [0.1, 0.15) is 0 Å². The summed E-state index contributed by atoms with van der Waals surface area (Å²) < 4.78 is 0. The summed E-state index contributed by atoms with van der Waals surface area (Å²) in [6.07, 6.45) is 0. The number of hydrogen-bond acceptors (Lipinski definition) is 0. The maximum atomic E-state index is 2.18. The first kappa shape index (κ1) is 9.01. The third-order valence-electron chi connectivity index (χ3n) is 2.43. The molecule has 13 heavy (non-hydrogen) atoms. The minimum Gasteiger partial charge on any atom is -1.00 e. The zero-order valence-electron chi connectivity index (χ0n) is 8.62. The van der Waals surface area contributed by atoms with Crippen molar-refractivity contribution in [3.05, 3.63) is 48.5 Å². The topological polar surface area (TPSA) is 0 Å². The molecule has 1 aliphatic carbocycles. The molecule has 0 unspecified atom stereocenters. The molecule has 1 aliphatic rings. The Hall–Kier alpha value is -0.560. The van der Waals surface area contributed by atoms with Gasteiger partial charge in [-0.2, -0.15) is 0 Å². The van der Waals surface area contributed by atoms with Crippen molar-refractivity contribution in [1.29, 1.82) is 0 Å². The molecule has 0 aliphatic heterocycles. The summed E-state index contributed by atoms with van der Waals surface area (Å²) in [6, 6.07) is 17.1. The second kappa shape index (κ2) is 3.30. The monoisotopic (exact) mass is 176 g/mol. The fourth-order valence-corrected chi connectivity index (χ4v) is 1.84. The molecule has 0 bridgehead atoms. The van der Waals surface area contributed by atoms with Gasteiger partial charge >= 0.3 is 29.6 Å². The second-order valence-corrected chi connectivity index (χ2v) is 3.09. The van der Waals surface area contributed by atoms with Crippen LogP contribution in [0.3, 0.4) is 0 Å². The molecule has 0 saturated carbocycles. The van der Waals surface area contributed by atoms with Crippen LogP contribution in [0.25, 0.3) is 22.3 Å². The van der Waals surface area contributed by atoms with E-state index >= 15 is 0 Å². The summed E-state index contributed by atoms with van der Waals surface area (Å²) in [4.78, 5) is 0. The number of rotatable bonds is 0. The van der Waals surface area contributed by atoms with Crippen molar-refractivity contribution in [2.24, 2.45) is 0 Å². The maximum Gasteiger partial charge on any atom is 1.00 e. The number of fused-ring (bicyclic) bond motifs is 4. The second-order valence-electron chi connectivity index (χ2n) is 3.09. The van der Waals surface area contributed by atoms with E-state index in [0.717, 1.165) is 0 Å². The zero-order chi connectivity index (χ0) is 7.97. The minimum absolute atomic E-state index is 0. The van der Waals surface area contributed by atoms with Gasteiger partial charge in [0.15, 0.2) is 0 Å². The predicted molar refractivity (Wildman–Crippen MR) is 52.0 cm³/mol. The molecule has 58 valence electrons. The Morgan fingerprint density at radius 1 is 0.538 bits per heavy atom. The normalized spacial score (nSPS) is 10.5. The number of hydrogen-bond donors (Lipinski definition) is 0. The molecule has 0 N–H and O–H groups in total. The first-order valence-electron chi connectivity index (χ1n) is 4.15. The SMILES string of the molecule is [H-].[Na+].c1ccc2c(c1)-c1ccccc1-2. The Labute approximate surface area is 101 Å². The van der Waals surface area contributed by atoms with Crippen molar-refractivity contribution >= 4 is 0 Å². The molecule has 0 amide bonds. The van der Waals surface area contributed by atoms with Gasteiger partial charge in [-0.25, -0.2) is 0 Å². The van der Waals surface area contributed by atoms with Crippen molar-refractivity contribution in [2.45, 2.75) is 0 Å². The molecule has 2 aromatic rings. The van der Waals surface area contributed by atoms with Crippen molar-refractivity contribution in [1.82, 2.24) is 0 Å². The predicted octanol–water partition coefficient (Wildman–Crippen LogP) is 0.451. The van der Waals surface area contributed by atoms with E-state index in [2.05, 4.69) is 48.5 Å². The van der Waals surface area contributed by atoms with Crippen LogP contribution in [0, 0.1) is 0 Å². The summed E-state index contributed by atoms with van der Waals surface area (Å²) in [6.45, 7) is 0. The fraction of sp³-hybridized carbons (Fsp3) is 0. The van der Waals surface area contributed by atoms with Crippen LogP contribution in [0.4, 0.5) is 0 Å². The van der Waals surface area contributed by atoms with Gasteiger partial charge in [0.25, 0.3) is 0 Å². The molecule has 0 radical (unpaired) electrons. The Morgan fingerprint density at radius 2 is 0.769 bits per heavy atom. The maximum absolute atomic E-state index is 2.18. The summed E-state index contributed by atoms with van der Waals surface area (Å²) in [5.74, 6) is 0. The summed E-state index contributed by atoms with van der Waals surface area (Å²) in [5, 5.41) is 0. The molecule has 0 fully saturated rings. The molecule has 0 nitrogen and oxygen atoms in total. The van der Waals surface area contributed by atoms with E-state index < -0.39 is 0 Å². The van der Waals surface area contributed by atoms with Gasteiger partial charge in [-0.15, -0.1) is 0 Å². The molecule has 0 aromatic heterocycles. The van der Waals surface area contributed by atoms with E-state index in [1.165, 1.54) is 22.3 Å². The zero-order valence-corrected chi connectivity index (χ0v) is 9.62. The van der Waals surface area contributed by atoms with E-state index in [4.69, 9.17) is 0 Å². The first-order valence-corrected chi connectivity index (χ1v) is 4.15. The summed E-state index contributed by atoms with van der Waals surface area (Å²) >= 11 is 0. The van der Waals surface area contributed by atoms with E-state index in [1.54, 1.807) is 0 Å². The molecule has 3 rings (SSSR count). The van der Waals surface area contributed by atoms with Crippen LogP contribution in [-0.4, -0.2) is 0 Å². The Kier molecular flexibility index (Phi) is 2.29. The summed E-state index contributed by atoms with van der Waals surface area (Å²) in [5.41, 5.74) is 5.59. The quantitative estimate of drug-likeness (QED) is 0.436. The average molecular weight is 176 g/mol. The Balaban J connectivity index is 0.000000490. The van der Waals surface area contributed by atoms with Gasteiger partial charge in [0, 0.05) is 0 Å². The van der Waals surface area contributed by atoms with E-state index in [-0.39, 0.29) is 31.0 Å². The smallest absolute Gasteiger partial charge is 1.00 e. The van der Waals surface area contributed by atoms with Gasteiger partial charge < -0.3 is 1.43 Å². The minimum atomic E-state index is 0. The van der Waals surface area contributed by atoms with E-state index in [1.807, 2.05) is 0 Å². The van der Waals surface area contributed by atoms with Crippen LogP contribution < -0.4 is 29.6 Å². The molecule has 0 spiro atoms. The van der Waals surface area contributed by atoms with Crippen molar-refractivity contribution in [3.8, 4) is 22.3 Å². The van der Waals surface area contributed by atoms with Crippen molar-refractivity contribution < 1.29 is 31.0 Å². The van der Waals surface area contributed by atoms with Gasteiger partial charge in [-0.05, 0) is 22.3 Å². The fourth-order valence-electron chi connectivity index (χ4n) is 1.84. The van der Waals surface area contributed by atoms with Gasteiger partial charge in [-0.3, -0.25) is 0 Å². The van der Waals surface area contributed by atoms with Gasteiger partial charge in [-0.1, -0.05) is 48.5 Å². The van der Waals surface area contributed by atoms with Crippen LogP contribution in [-0.2, 0) is 0 Å². The number of benzene rings is 2. The van der Waals surface area contributed by atoms with Crippen molar-refractivity contribution in [2.75, 3.05) is 0 Å². The standard InChI is InChI=1S/C12H8.Na.H/c1-2-6-10-9(5-1)11-7-3-4-8-12(10)11;;/h1-8H;;/q;+1;-1. The van der Waals surface area contributed by atoms with E-state index in [0.29, 0.717) is 0 Å². The average Bonchev–Trinajstić information content (AvgIpc) is 2.14. The third kappa shape index (κ3) is 1.18. The molecule has 0 saturated heterocycles. The van der Waals surface area contributed by atoms with Gasteiger partial charge in [0.05, 0.1) is 0 Å². The van der Waals surface area contributed by atoms with Crippen LogP contribution in [0.5, 0.6) is 0 Å². The summed E-state index contributed by atoms with van der Waals surface area (Å²) in [7, 11) is 0. The molecule has 0 atom stereocenters. The van der Waals surface area contributed by atoms with Crippen molar-refractivity contribution in [3.63, 3.8) is 0 Å². The van der Waals surface area contributed by atoms with Crippen LogP contribution in [0.1, 0.15) is 1.43 Å². The largest absolute Gasteiger partial charge is 1.00 e. The first-order chi connectivity index (χ1) is 5.97. The third-order valence-corrected chi connectivity index (χ3v) is 2.43. The molecular weight excluding hydrogens is 167 g/mol. The van der Waals surface area contributed by atoms with Crippen LogP contribution in [0.15, 0.2) is 48.5 Å². The van der Waals surface area contributed by atoms with E-state index in [9.17, 15) is 0 Å².